The second-order valence-electron chi connectivity index (χ2n) is 4.18. The van der Waals surface area contributed by atoms with Crippen LogP contribution in [0.3, 0.4) is 0 Å². The fourth-order valence-electron chi connectivity index (χ4n) is 1.11. The molecule has 0 radical (unpaired) electrons. The lowest BCUT2D eigenvalue weighted by molar-refractivity contribution is -0.888. The first-order valence-corrected chi connectivity index (χ1v) is 5.24. The van der Waals surface area contributed by atoms with Crippen molar-refractivity contribution in [2.24, 2.45) is 0 Å². The Morgan fingerprint density at radius 3 is 2.57 bits per heavy atom. The lowest BCUT2D eigenvalue weighted by atomic mass is 10.2. The van der Waals surface area contributed by atoms with Crippen LogP contribution in [0.4, 0.5) is 0 Å². The van der Waals surface area contributed by atoms with Crippen LogP contribution in [-0.2, 0) is 4.79 Å². The van der Waals surface area contributed by atoms with E-state index in [1.165, 1.54) is 12.6 Å². The molecule has 0 spiro atoms. The fraction of sp³-hybridized carbons (Fsp3) is 0.727. The van der Waals surface area contributed by atoms with Gasteiger partial charge in [0.1, 0.15) is 0 Å². The molecule has 0 aliphatic rings. The van der Waals surface area contributed by atoms with E-state index in [4.69, 9.17) is 0 Å². The third-order valence-electron chi connectivity index (χ3n) is 2.53. The van der Waals surface area contributed by atoms with Crippen molar-refractivity contribution in [3.8, 4) is 0 Å². The van der Waals surface area contributed by atoms with Gasteiger partial charge in [0.05, 0.1) is 27.2 Å². The van der Waals surface area contributed by atoms with Gasteiger partial charge in [-0.25, -0.2) is 0 Å². The monoisotopic (exact) mass is 199 g/mol. The molecular weight excluding hydrogens is 176 g/mol. The van der Waals surface area contributed by atoms with Crippen molar-refractivity contribution in [2.75, 3.05) is 33.7 Å². The van der Waals surface area contributed by atoms with E-state index >= 15 is 0 Å². The number of rotatable bonds is 7. The zero-order chi connectivity index (χ0) is 11.0. The Labute approximate surface area is 87.4 Å². The second-order valence-corrected chi connectivity index (χ2v) is 4.18. The number of carbonyl (C=O) groups is 1. The largest absolute Gasteiger partial charge is 0.353 e. The van der Waals surface area contributed by atoms with E-state index in [-0.39, 0.29) is 5.91 Å². The van der Waals surface area contributed by atoms with Gasteiger partial charge in [0.2, 0.25) is 5.91 Å². The SMILES string of the molecule is C=CC(=O)NCCCC[N+](C)(C)CC. The zero-order valence-corrected chi connectivity index (χ0v) is 9.68. The van der Waals surface area contributed by atoms with Gasteiger partial charge in [-0.2, -0.15) is 0 Å². The van der Waals surface area contributed by atoms with Gasteiger partial charge in [-0.05, 0) is 25.8 Å². The van der Waals surface area contributed by atoms with Gasteiger partial charge in [-0.3, -0.25) is 4.79 Å². The van der Waals surface area contributed by atoms with E-state index in [9.17, 15) is 4.79 Å². The lowest BCUT2D eigenvalue weighted by Crippen LogP contribution is -2.40. The number of quaternary nitrogens is 1. The molecule has 1 N–H and O–H groups in total. The summed E-state index contributed by atoms with van der Waals surface area (Å²) in [6.07, 6.45) is 3.51. The number of carbonyl (C=O) groups excluding carboxylic acids is 1. The summed E-state index contributed by atoms with van der Waals surface area (Å²) < 4.78 is 1.05. The van der Waals surface area contributed by atoms with Gasteiger partial charge in [-0.15, -0.1) is 0 Å². The highest BCUT2D eigenvalue weighted by Crippen LogP contribution is 1.99. The smallest absolute Gasteiger partial charge is 0.243 e. The first-order chi connectivity index (χ1) is 6.52. The Morgan fingerprint density at radius 2 is 2.07 bits per heavy atom. The standard InChI is InChI=1S/C11H22N2O/c1-5-11(14)12-9-7-8-10-13(3,4)6-2/h5H,1,6-10H2,2-4H3/p+1. The first-order valence-electron chi connectivity index (χ1n) is 5.24. The number of nitrogens with one attached hydrogen (secondary N) is 1. The lowest BCUT2D eigenvalue weighted by Gasteiger charge is -2.28. The van der Waals surface area contributed by atoms with Gasteiger partial charge in [0.25, 0.3) is 0 Å². The maximum absolute atomic E-state index is 10.8. The second kappa shape index (κ2) is 6.60. The van der Waals surface area contributed by atoms with Crippen molar-refractivity contribution >= 4 is 5.91 Å². The molecule has 3 heteroatoms. The van der Waals surface area contributed by atoms with Gasteiger partial charge in [0, 0.05) is 6.54 Å². The van der Waals surface area contributed by atoms with Crippen LogP contribution >= 0.6 is 0 Å². The van der Waals surface area contributed by atoms with Crippen LogP contribution in [0.5, 0.6) is 0 Å². The summed E-state index contributed by atoms with van der Waals surface area (Å²) in [6.45, 7) is 8.67. The summed E-state index contributed by atoms with van der Waals surface area (Å²) in [5, 5.41) is 2.77. The normalized spacial score (nSPS) is 11.1. The molecule has 0 atom stereocenters. The maximum atomic E-state index is 10.8. The van der Waals surface area contributed by atoms with Crippen LogP contribution in [0.1, 0.15) is 19.8 Å². The molecule has 0 rings (SSSR count). The summed E-state index contributed by atoms with van der Waals surface area (Å²) in [6, 6.07) is 0. The predicted octanol–water partition coefficient (Wildman–Crippen LogP) is 1.17. The molecule has 82 valence electrons. The minimum Gasteiger partial charge on any atom is -0.353 e. The van der Waals surface area contributed by atoms with Crippen molar-refractivity contribution in [3.63, 3.8) is 0 Å². The number of nitrogens with zero attached hydrogens (tertiary/aromatic N) is 1. The van der Waals surface area contributed by atoms with Crippen LogP contribution in [-0.4, -0.2) is 44.1 Å². The summed E-state index contributed by atoms with van der Waals surface area (Å²) in [7, 11) is 4.45. The highest BCUT2D eigenvalue weighted by molar-refractivity contribution is 5.86. The molecular formula is C11H23N2O+. The van der Waals surface area contributed by atoms with E-state index in [2.05, 4.69) is 32.9 Å². The van der Waals surface area contributed by atoms with Crippen molar-refractivity contribution in [2.45, 2.75) is 19.8 Å². The Morgan fingerprint density at radius 1 is 1.43 bits per heavy atom. The fourth-order valence-corrected chi connectivity index (χ4v) is 1.11. The molecule has 1 amide bonds. The maximum Gasteiger partial charge on any atom is 0.243 e. The van der Waals surface area contributed by atoms with E-state index in [1.807, 2.05) is 0 Å². The van der Waals surface area contributed by atoms with Gasteiger partial charge in [-0.1, -0.05) is 6.58 Å². The third kappa shape index (κ3) is 6.66. The van der Waals surface area contributed by atoms with E-state index in [1.54, 1.807) is 0 Å². The average molecular weight is 199 g/mol. The summed E-state index contributed by atoms with van der Waals surface area (Å²) >= 11 is 0. The Bertz CT molecular complexity index is 188. The molecule has 0 aromatic heterocycles. The molecule has 0 saturated heterocycles. The molecule has 14 heavy (non-hydrogen) atoms. The van der Waals surface area contributed by atoms with Crippen LogP contribution in [0.25, 0.3) is 0 Å². The molecule has 0 aliphatic heterocycles. The Balaban J connectivity index is 3.38. The highest BCUT2D eigenvalue weighted by atomic mass is 16.1. The number of amides is 1. The number of unbranched alkanes of at least 4 members (excludes halogenated alkanes) is 1. The van der Waals surface area contributed by atoms with Crippen LogP contribution in [0.15, 0.2) is 12.7 Å². The molecule has 0 heterocycles. The molecule has 0 saturated carbocycles. The minimum absolute atomic E-state index is 0.0748. The van der Waals surface area contributed by atoms with Crippen LogP contribution in [0.2, 0.25) is 0 Å². The number of hydrogen-bond donors (Lipinski definition) is 1. The molecule has 0 aromatic carbocycles. The third-order valence-corrected chi connectivity index (χ3v) is 2.53. The van der Waals surface area contributed by atoms with Gasteiger partial charge < -0.3 is 9.80 Å². The Kier molecular flexibility index (Phi) is 6.21. The molecule has 0 fully saturated rings. The van der Waals surface area contributed by atoms with E-state index in [0.29, 0.717) is 0 Å². The first kappa shape index (κ1) is 13.2. The molecule has 0 aromatic rings. The van der Waals surface area contributed by atoms with Crippen molar-refractivity contribution in [1.29, 1.82) is 0 Å². The predicted molar refractivity (Wildman–Crippen MR) is 60.0 cm³/mol. The van der Waals surface area contributed by atoms with E-state index in [0.717, 1.165) is 30.4 Å². The van der Waals surface area contributed by atoms with Crippen molar-refractivity contribution in [1.82, 2.24) is 5.32 Å². The molecule has 0 unspecified atom stereocenters. The molecule has 0 aliphatic carbocycles. The average Bonchev–Trinajstić information content (AvgIpc) is 2.17. The van der Waals surface area contributed by atoms with Crippen molar-refractivity contribution in [3.05, 3.63) is 12.7 Å². The highest BCUT2D eigenvalue weighted by Gasteiger charge is 2.09. The zero-order valence-electron chi connectivity index (χ0n) is 9.68. The quantitative estimate of drug-likeness (QED) is 0.372. The van der Waals surface area contributed by atoms with Crippen LogP contribution in [0, 0.1) is 0 Å². The summed E-state index contributed by atoms with van der Waals surface area (Å²) in [5.41, 5.74) is 0. The van der Waals surface area contributed by atoms with Gasteiger partial charge in [0.15, 0.2) is 0 Å². The van der Waals surface area contributed by atoms with E-state index < -0.39 is 0 Å². The minimum atomic E-state index is -0.0748. The molecule has 0 bridgehead atoms. The summed E-state index contributed by atoms with van der Waals surface area (Å²) in [4.78, 5) is 10.8. The Hall–Kier alpha value is -0.830. The summed E-state index contributed by atoms with van der Waals surface area (Å²) in [5.74, 6) is -0.0748. The number of hydrogen-bond acceptors (Lipinski definition) is 1. The van der Waals surface area contributed by atoms with Crippen LogP contribution < -0.4 is 5.32 Å². The topological polar surface area (TPSA) is 29.1 Å². The molecule has 3 nitrogen and oxygen atoms in total. The van der Waals surface area contributed by atoms with Crippen molar-refractivity contribution < 1.29 is 9.28 Å². The van der Waals surface area contributed by atoms with Gasteiger partial charge >= 0.3 is 0 Å².